The molecule has 1 aromatic rings. The molecule has 0 fully saturated rings. The predicted octanol–water partition coefficient (Wildman–Crippen LogP) is 2.61. The molecule has 6 heteroatoms. The minimum atomic E-state index is -0.767. The minimum absolute atomic E-state index is 0.0430. The highest BCUT2D eigenvalue weighted by atomic mass is 19.1. The Morgan fingerprint density at radius 1 is 1.36 bits per heavy atom. The van der Waals surface area contributed by atoms with Gasteiger partial charge in [-0.05, 0) is 31.9 Å². The quantitative estimate of drug-likeness (QED) is 0.775. The molecule has 0 heterocycles. The van der Waals surface area contributed by atoms with Crippen LogP contribution in [0.1, 0.15) is 33.6 Å². The minimum Gasteiger partial charge on any atom is -0.488 e. The third-order valence-corrected chi connectivity index (χ3v) is 3.99. The molecule has 124 valence electrons. The largest absolute Gasteiger partial charge is 0.488 e. The molecular formula is C16H24F2N2O2. The Kier molecular flexibility index (Phi) is 6.74. The summed E-state index contributed by atoms with van der Waals surface area (Å²) in [6, 6.07) is 2.78. The molecule has 1 rings (SSSR count). The maximum absolute atomic E-state index is 13.4. The van der Waals surface area contributed by atoms with E-state index in [4.69, 9.17) is 10.5 Å². The SMILES string of the molecule is CCC(CC)(CN)C(=O)NC(C)COc1ccc(F)cc1F. The van der Waals surface area contributed by atoms with E-state index in [9.17, 15) is 13.6 Å². The van der Waals surface area contributed by atoms with Crippen LogP contribution in [0.25, 0.3) is 0 Å². The summed E-state index contributed by atoms with van der Waals surface area (Å²) in [5, 5.41) is 2.83. The summed E-state index contributed by atoms with van der Waals surface area (Å²) in [6.45, 7) is 5.95. The van der Waals surface area contributed by atoms with Gasteiger partial charge in [0.15, 0.2) is 11.6 Å². The molecule has 4 nitrogen and oxygen atoms in total. The number of amides is 1. The van der Waals surface area contributed by atoms with Gasteiger partial charge in [-0.2, -0.15) is 0 Å². The fourth-order valence-corrected chi connectivity index (χ4v) is 2.18. The van der Waals surface area contributed by atoms with Crippen LogP contribution in [0.4, 0.5) is 8.78 Å². The molecule has 1 atom stereocenters. The smallest absolute Gasteiger partial charge is 0.227 e. The molecule has 0 saturated carbocycles. The van der Waals surface area contributed by atoms with Crippen LogP contribution in [0.15, 0.2) is 18.2 Å². The summed E-state index contributed by atoms with van der Waals surface area (Å²) in [5.41, 5.74) is 5.14. The first-order valence-corrected chi connectivity index (χ1v) is 7.47. The van der Waals surface area contributed by atoms with Gasteiger partial charge in [0, 0.05) is 12.6 Å². The molecule has 0 aliphatic carbocycles. The lowest BCUT2D eigenvalue weighted by Gasteiger charge is -2.30. The Morgan fingerprint density at radius 3 is 2.50 bits per heavy atom. The summed E-state index contributed by atoms with van der Waals surface area (Å²) in [4.78, 5) is 12.3. The maximum Gasteiger partial charge on any atom is 0.227 e. The van der Waals surface area contributed by atoms with E-state index in [-0.39, 0.29) is 30.9 Å². The van der Waals surface area contributed by atoms with Crippen molar-refractivity contribution >= 4 is 5.91 Å². The van der Waals surface area contributed by atoms with Gasteiger partial charge in [0.05, 0.1) is 11.5 Å². The highest BCUT2D eigenvalue weighted by Gasteiger charge is 2.33. The van der Waals surface area contributed by atoms with E-state index in [0.717, 1.165) is 12.1 Å². The third-order valence-electron chi connectivity index (χ3n) is 3.99. The van der Waals surface area contributed by atoms with Crippen LogP contribution in [-0.4, -0.2) is 25.1 Å². The molecular weight excluding hydrogens is 290 g/mol. The van der Waals surface area contributed by atoms with Gasteiger partial charge in [-0.1, -0.05) is 13.8 Å². The van der Waals surface area contributed by atoms with Crippen molar-refractivity contribution in [2.24, 2.45) is 11.1 Å². The zero-order chi connectivity index (χ0) is 16.8. The van der Waals surface area contributed by atoms with Crippen LogP contribution in [0.5, 0.6) is 5.75 Å². The molecule has 3 N–H and O–H groups in total. The van der Waals surface area contributed by atoms with Gasteiger partial charge in [-0.3, -0.25) is 4.79 Å². The molecule has 1 aromatic carbocycles. The van der Waals surface area contributed by atoms with Gasteiger partial charge in [0.25, 0.3) is 0 Å². The third kappa shape index (κ3) is 4.40. The molecule has 1 unspecified atom stereocenters. The van der Waals surface area contributed by atoms with Crippen molar-refractivity contribution < 1.29 is 18.3 Å². The Hall–Kier alpha value is -1.69. The number of nitrogens with two attached hydrogens (primary N) is 1. The monoisotopic (exact) mass is 314 g/mol. The van der Waals surface area contributed by atoms with Crippen molar-refractivity contribution in [3.8, 4) is 5.75 Å². The second-order valence-corrected chi connectivity index (χ2v) is 5.45. The van der Waals surface area contributed by atoms with Gasteiger partial charge in [0.2, 0.25) is 5.91 Å². The maximum atomic E-state index is 13.4. The van der Waals surface area contributed by atoms with Crippen molar-refractivity contribution in [3.63, 3.8) is 0 Å². The highest BCUT2D eigenvalue weighted by Crippen LogP contribution is 2.25. The summed E-state index contributed by atoms with van der Waals surface area (Å²) in [5.74, 6) is -1.60. The molecule has 0 aliphatic rings. The highest BCUT2D eigenvalue weighted by molar-refractivity contribution is 5.83. The molecule has 0 radical (unpaired) electrons. The van der Waals surface area contributed by atoms with Crippen LogP contribution < -0.4 is 15.8 Å². The van der Waals surface area contributed by atoms with Crippen LogP contribution >= 0.6 is 0 Å². The first-order valence-electron chi connectivity index (χ1n) is 7.47. The molecule has 0 spiro atoms. The standard InChI is InChI=1S/C16H24F2N2O2/c1-4-16(5-2,10-19)15(21)20-11(3)9-22-14-7-6-12(17)8-13(14)18/h6-8,11H,4-5,9-10,19H2,1-3H3,(H,20,21). The molecule has 0 bridgehead atoms. The zero-order valence-corrected chi connectivity index (χ0v) is 13.3. The van der Waals surface area contributed by atoms with Crippen molar-refractivity contribution in [2.75, 3.05) is 13.2 Å². The van der Waals surface area contributed by atoms with Crippen LogP contribution in [0.2, 0.25) is 0 Å². The number of hydrogen-bond donors (Lipinski definition) is 2. The number of carbonyl (C=O) groups is 1. The Bertz CT molecular complexity index is 497. The van der Waals surface area contributed by atoms with Crippen LogP contribution in [0.3, 0.4) is 0 Å². The van der Waals surface area contributed by atoms with Gasteiger partial charge >= 0.3 is 0 Å². The molecule has 0 aliphatic heterocycles. The van der Waals surface area contributed by atoms with E-state index in [1.54, 1.807) is 6.92 Å². The number of ether oxygens (including phenoxy) is 1. The van der Waals surface area contributed by atoms with Gasteiger partial charge in [0.1, 0.15) is 12.4 Å². The lowest BCUT2D eigenvalue weighted by Crippen LogP contribution is -2.49. The Morgan fingerprint density at radius 2 is 2.00 bits per heavy atom. The predicted molar refractivity (Wildman–Crippen MR) is 81.5 cm³/mol. The van der Waals surface area contributed by atoms with E-state index < -0.39 is 17.0 Å². The van der Waals surface area contributed by atoms with Crippen molar-refractivity contribution in [1.82, 2.24) is 5.32 Å². The summed E-state index contributed by atoms with van der Waals surface area (Å²) in [7, 11) is 0. The number of rotatable bonds is 8. The second kappa shape index (κ2) is 8.08. The number of hydrogen-bond acceptors (Lipinski definition) is 3. The van der Waals surface area contributed by atoms with Crippen LogP contribution in [-0.2, 0) is 4.79 Å². The average Bonchev–Trinajstić information content (AvgIpc) is 2.48. The van der Waals surface area contributed by atoms with E-state index in [2.05, 4.69) is 5.32 Å². The number of benzene rings is 1. The van der Waals surface area contributed by atoms with Crippen molar-refractivity contribution in [3.05, 3.63) is 29.8 Å². The first kappa shape index (κ1) is 18.4. The van der Waals surface area contributed by atoms with Gasteiger partial charge < -0.3 is 15.8 Å². The van der Waals surface area contributed by atoms with Gasteiger partial charge in [-0.15, -0.1) is 0 Å². The van der Waals surface area contributed by atoms with E-state index in [1.807, 2.05) is 13.8 Å². The molecule has 0 aromatic heterocycles. The van der Waals surface area contributed by atoms with Crippen LogP contribution in [0, 0.1) is 17.0 Å². The number of nitrogens with one attached hydrogen (secondary N) is 1. The lowest BCUT2D eigenvalue weighted by molar-refractivity contribution is -0.131. The second-order valence-electron chi connectivity index (χ2n) is 5.45. The lowest BCUT2D eigenvalue weighted by atomic mass is 9.81. The first-order chi connectivity index (χ1) is 10.4. The normalized spacial score (nSPS) is 12.8. The summed E-state index contributed by atoms with van der Waals surface area (Å²) >= 11 is 0. The average molecular weight is 314 g/mol. The Balaban J connectivity index is 2.59. The molecule has 0 saturated heterocycles. The summed E-state index contributed by atoms with van der Waals surface area (Å²) < 4.78 is 31.5. The van der Waals surface area contributed by atoms with Gasteiger partial charge in [-0.25, -0.2) is 8.78 Å². The molecule has 1 amide bonds. The topological polar surface area (TPSA) is 64.4 Å². The van der Waals surface area contributed by atoms with Crippen molar-refractivity contribution in [1.29, 1.82) is 0 Å². The molecule has 22 heavy (non-hydrogen) atoms. The van der Waals surface area contributed by atoms with Crippen molar-refractivity contribution in [2.45, 2.75) is 39.7 Å². The number of halogens is 2. The van der Waals surface area contributed by atoms with E-state index >= 15 is 0 Å². The van der Waals surface area contributed by atoms with E-state index in [0.29, 0.717) is 12.8 Å². The van der Waals surface area contributed by atoms with E-state index in [1.165, 1.54) is 6.07 Å². The zero-order valence-electron chi connectivity index (χ0n) is 13.3. The summed E-state index contributed by atoms with van der Waals surface area (Å²) in [6.07, 6.45) is 1.29. The fourth-order valence-electron chi connectivity index (χ4n) is 2.18. The number of carbonyl (C=O) groups excluding carboxylic acids is 1. The Labute approximate surface area is 130 Å². The fraction of sp³-hybridized carbons (Fsp3) is 0.562.